The smallest absolute Gasteiger partial charge is 0.223 e. The van der Waals surface area contributed by atoms with Crippen molar-refractivity contribution in [1.29, 1.82) is 0 Å². The van der Waals surface area contributed by atoms with Crippen LogP contribution in [-0.2, 0) is 4.79 Å². The Labute approximate surface area is 178 Å². The van der Waals surface area contributed by atoms with E-state index in [1.165, 1.54) is 55.3 Å². The zero-order chi connectivity index (χ0) is 19.5. The number of aryl methyl sites for hydroxylation is 1. The van der Waals surface area contributed by atoms with E-state index in [-0.39, 0.29) is 5.41 Å². The summed E-state index contributed by atoms with van der Waals surface area (Å²) in [5.41, 5.74) is 4.35. The standard InChI is InChI=1S/C24H33BrN2O/c1-17-4-3-5-21(18(17)2)26-6-8-27(9-7-26)22(28)15-23-11-19-10-20(12-23)14-24(25,13-19)16-23/h3-5,19-20H,6-16H2,1-2H3/t19-,20-,23?,24?/m1/s1. The Morgan fingerprint density at radius 3 is 2.39 bits per heavy atom. The van der Waals surface area contributed by atoms with Crippen LogP contribution in [0.1, 0.15) is 56.1 Å². The number of carbonyl (C=O) groups excluding carboxylic acids is 1. The van der Waals surface area contributed by atoms with E-state index in [1.54, 1.807) is 0 Å². The van der Waals surface area contributed by atoms with Gasteiger partial charge in [0, 0.05) is 42.6 Å². The summed E-state index contributed by atoms with van der Waals surface area (Å²) < 4.78 is 0.346. The van der Waals surface area contributed by atoms with Gasteiger partial charge in [0.1, 0.15) is 0 Å². The molecule has 3 nitrogen and oxygen atoms in total. The lowest BCUT2D eigenvalue weighted by Gasteiger charge is -2.60. The Hall–Kier alpha value is -1.03. The first-order chi connectivity index (χ1) is 13.3. The van der Waals surface area contributed by atoms with Crippen LogP contribution >= 0.6 is 15.9 Å². The van der Waals surface area contributed by atoms with Crippen molar-refractivity contribution in [3.63, 3.8) is 0 Å². The molecule has 0 aromatic heterocycles. The van der Waals surface area contributed by atoms with Crippen LogP contribution in [-0.4, -0.2) is 41.3 Å². The van der Waals surface area contributed by atoms with Crippen molar-refractivity contribution >= 4 is 27.5 Å². The highest BCUT2D eigenvalue weighted by Crippen LogP contribution is 2.65. The van der Waals surface area contributed by atoms with Gasteiger partial charge in [0.15, 0.2) is 0 Å². The molecule has 0 N–H and O–H groups in total. The van der Waals surface area contributed by atoms with Crippen LogP contribution in [0.3, 0.4) is 0 Å². The molecule has 6 rings (SSSR count). The summed E-state index contributed by atoms with van der Waals surface area (Å²) in [4.78, 5) is 17.9. The highest BCUT2D eigenvalue weighted by molar-refractivity contribution is 9.10. The molecule has 4 bridgehead atoms. The Kier molecular flexibility index (Phi) is 4.57. The number of piperazine rings is 1. The molecule has 28 heavy (non-hydrogen) atoms. The molecule has 5 fully saturated rings. The number of rotatable bonds is 3. The van der Waals surface area contributed by atoms with Crippen LogP contribution in [0.4, 0.5) is 5.69 Å². The van der Waals surface area contributed by atoms with E-state index in [2.05, 4.69) is 57.8 Å². The number of carbonyl (C=O) groups is 1. The summed E-state index contributed by atoms with van der Waals surface area (Å²) in [6, 6.07) is 6.56. The normalized spacial score (nSPS) is 36.8. The lowest BCUT2D eigenvalue weighted by atomic mass is 9.48. The molecule has 1 aliphatic heterocycles. The quantitative estimate of drug-likeness (QED) is 0.606. The van der Waals surface area contributed by atoms with Crippen molar-refractivity contribution in [3.05, 3.63) is 29.3 Å². The fraction of sp³-hybridized carbons (Fsp3) is 0.708. The highest BCUT2D eigenvalue weighted by atomic mass is 79.9. The fourth-order valence-electron chi connectivity index (χ4n) is 7.25. The molecule has 1 heterocycles. The lowest BCUT2D eigenvalue weighted by molar-refractivity contribution is -0.138. The van der Waals surface area contributed by atoms with Gasteiger partial charge in [0.05, 0.1) is 0 Å². The number of hydrogen-bond acceptors (Lipinski definition) is 2. The molecule has 1 amide bonds. The summed E-state index contributed by atoms with van der Waals surface area (Å²) >= 11 is 4.09. The SMILES string of the molecule is Cc1cccc(N2CCN(C(=O)CC34C[C@H]5C[C@@H](CC(Br)(C5)C3)C4)CC2)c1C. The van der Waals surface area contributed by atoms with Gasteiger partial charge in [0.25, 0.3) is 0 Å². The molecule has 0 radical (unpaired) electrons. The van der Waals surface area contributed by atoms with Gasteiger partial charge < -0.3 is 9.80 Å². The van der Waals surface area contributed by atoms with E-state index in [4.69, 9.17) is 0 Å². The molecule has 0 unspecified atom stereocenters. The molecular weight excluding hydrogens is 412 g/mol. The number of halogens is 1. The van der Waals surface area contributed by atoms with Gasteiger partial charge in [-0.3, -0.25) is 4.79 Å². The fourth-order valence-corrected chi connectivity index (χ4v) is 8.76. The molecule has 152 valence electrons. The Bertz CT molecular complexity index is 769. The molecule has 4 saturated carbocycles. The van der Waals surface area contributed by atoms with Gasteiger partial charge in [-0.15, -0.1) is 0 Å². The summed E-state index contributed by atoms with van der Waals surface area (Å²) in [5, 5.41) is 0. The van der Waals surface area contributed by atoms with Gasteiger partial charge in [-0.25, -0.2) is 0 Å². The van der Waals surface area contributed by atoms with Crippen molar-refractivity contribution in [1.82, 2.24) is 4.90 Å². The van der Waals surface area contributed by atoms with E-state index in [9.17, 15) is 4.79 Å². The van der Waals surface area contributed by atoms with Crippen molar-refractivity contribution in [3.8, 4) is 0 Å². The summed E-state index contributed by atoms with van der Waals surface area (Å²) in [6.45, 7) is 8.04. The third kappa shape index (κ3) is 3.30. The van der Waals surface area contributed by atoms with Crippen molar-refractivity contribution in [2.45, 2.75) is 63.1 Å². The predicted molar refractivity (Wildman–Crippen MR) is 118 cm³/mol. The number of benzene rings is 1. The number of hydrogen-bond donors (Lipinski definition) is 0. The maximum absolute atomic E-state index is 13.2. The molecule has 1 aromatic carbocycles. The molecule has 2 atom stereocenters. The average molecular weight is 445 g/mol. The number of alkyl halides is 1. The monoisotopic (exact) mass is 444 g/mol. The minimum Gasteiger partial charge on any atom is -0.368 e. The maximum atomic E-state index is 13.2. The summed E-state index contributed by atoms with van der Waals surface area (Å²) in [5.74, 6) is 2.13. The summed E-state index contributed by atoms with van der Waals surface area (Å²) in [6.07, 6.45) is 8.70. The third-order valence-electron chi connectivity index (χ3n) is 8.19. The zero-order valence-electron chi connectivity index (χ0n) is 17.3. The van der Waals surface area contributed by atoms with Crippen molar-refractivity contribution in [2.24, 2.45) is 17.3 Å². The Balaban J connectivity index is 1.23. The second kappa shape index (κ2) is 6.75. The summed E-state index contributed by atoms with van der Waals surface area (Å²) in [7, 11) is 0. The van der Waals surface area contributed by atoms with Crippen LogP contribution < -0.4 is 4.90 Å². The van der Waals surface area contributed by atoms with E-state index >= 15 is 0 Å². The average Bonchev–Trinajstić information content (AvgIpc) is 2.62. The second-order valence-electron chi connectivity index (χ2n) is 10.4. The lowest BCUT2D eigenvalue weighted by Crippen LogP contribution is -2.55. The van der Waals surface area contributed by atoms with Crippen LogP contribution in [0.5, 0.6) is 0 Å². The molecule has 5 aliphatic rings. The third-order valence-corrected chi connectivity index (χ3v) is 9.11. The molecular formula is C24H33BrN2O. The van der Waals surface area contributed by atoms with Gasteiger partial charge in [-0.1, -0.05) is 28.1 Å². The number of nitrogens with zero attached hydrogens (tertiary/aromatic N) is 2. The molecule has 4 aliphatic carbocycles. The predicted octanol–water partition coefficient (Wildman–Crippen LogP) is 5.08. The minimum absolute atomic E-state index is 0.287. The van der Waals surface area contributed by atoms with Crippen LogP contribution in [0.25, 0.3) is 0 Å². The first kappa shape index (κ1) is 19.0. The Morgan fingerprint density at radius 2 is 1.75 bits per heavy atom. The number of amides is 1. The topological polar surface area (TPSA) is 23.6 Å². The van der Waals surface area contributed by atoms with Crippen LogP contribution in [0.2, 0.25) is 0 Å². The van der Waals surface area contributed by atoms with Crippen molar-refractivity contribution in [2.75, 3.05) is 31.1 Å². The second-order valence-corrected chi connectivity index (χ2v) is 12.1. The first-order valence-corrected chi connectivity index (χ1v) is 11.9. The van der Waals surface area contributed by atoms with Crippen LogP contribution in [0.15, 0.2) is 18.2 Å². The van der Waals surface area contributed by atoms with Gasteiger partial charge >= 0.3 is 0 Å². The van der Waals surface area contributed by atoms with Gasteiger partial charge in [-0.05, 0) is 86.8 Å². The van der Waals surface area contributed by atoms with Crippen molar-refractivity contribution < 1.29 is 4.79 Å². The van der Waals surface area contributed by atoms with E-state index in [0.717, 1.165) is 44.4 Å². The van der Waals surface area contributed by atoms with Gasteiger partial charge in [0.2, 0.25) is 5.91 Å². The molecule has 4 heteroatoms. The molecule has 1 saturated heterocycles. The van der Waals surface area contributed by atoms with E-state index < -0.39 is 0 Å². The Morgan fingerprint density at radius 1 is 1.07 bits per heavy atom. The minimum atomic E-state index is 0.287. The number of anilines is 1. The van der Waals surface area contributed by atoms with Gasteiger partial charge in [-0.2, -0.15) is 0 Å². The van der Waals surface area contributed by atoms with E-state index in [1.807, 2.05) is 0 Å². The van der Waals surface area contributed by atoms with Crippen LogP contribution in [0, 0.1) is 31.1 Å². The highest BCUT2D eigenvalue weighted by Gasteiger charge is 2.57. The molecule has 0 spiro atoms. The maximum Gasteiger partial charge on any atom is 0.223 e. The first-order valence-electron chi connectivity index (χ1n) is 11.1. The largest absolute Gasteiger partial charge is 0.368 e. The molecule has 1 aromatic rings. The zero-order valence-corrected chi connectivity index (χ0v) is 18.9. The van der Waals surface area contributed by atoms with E-state index in [0.29, 0.717) is 10.2 Å².